The van der Waals surface area contributed by atoms with E-state index in [0.717, 1.165) is 6.04 Å². The van der Waals surface area contributed by atoms with Gasteiger partial charge in [0.1, 0.15) is 5.60 Å². The maximum atomic E-state index is 11.7. The molecule has 1 fully saturated rings. The summed E-state index contributed by atoms with van der Waals surface area (Å²) in [6, 6.07) is 1.16. The Morgan fingerprint density at radius 1 is 1.44 bits per heavy atom. The van der Waals surface area contributed by atoms with Crippen molar-refractivity contribution < 1.29 is 14.3 Å². The van der Waals surface area contributed by atoms with Crippen molar-refractivity contribution >= 4 is 20.0 Å². The van der Waals surface area contributed by atoms with Gasteiger partial charge in [0.15, 0.2) is 5.78 Å². The highest BCUT2D eigenvalue weighted by Gasteiger charge is 2.40. The summed E-state index contributed by atoms with van der Waals surface area (Å²) in [6.07, 6.45) is -0.488. The van der Waals surface area contributed by atoms with Crippen molar-refractivity contribution in [3.63, 3.8) is 0 Å². The number of nitrogens with one attached hydrogen (secondary N) is 1. The van der Waals surface area contributed by atoms with Gasteiger partial charge in [-0.15, -0.1) is 0 Å². The minimum atomic E-state index is -1.41. The highest BCUT2D eigenvalue weighted by atomic mass is 28.3. The second-order valence-electron chi connectivity index (χ2n) is 6.21. The first-order chi connectivity index (χ1) is 7.09. The molecule has 5 heteroatoms. The standard InChI is InChI=1S/C11H21NO3Si/c1-11(2,3)15-10(14)12-8-6-16(4,5)7-9(8)13/h8H,6-7H2,1-5H3,(H,12,14). The SMILES string of the molecule is CC(C)(C)OC(=O)NC1C[Si](C)(C)CC1=O. The summed E-state index contributed by atoms with van der Waals surface area (Å²) in [5, 5.41) is 2.66. The summed E-state index contributed by atoms with van der Waals surface area (Å²) in [5.74, 6) is 0.155. The molecule has 0 bridgehead atoms. The van der Waals surface area contributed by atoms with Gasteiger partial charge in [-0.25, -0.2) is 4.79 Å². The molecular weight excluding hydrogens is 222 g/mol. The Bertz CT molecular complexity index is 307. The number of hydrogen-bond acceptors (Lipinski definition) is 3. The Labute approximate surface area is 97.8 Å². The number of alkyl carbamates (subject to hydrolysis) is 1. The fraction of sp³-hybridized carbons (Fsp3) is 0.818. The second-order valence-corrected chi connectivity index (χ2v) is 11.3. The summed E-state index contributed by atoms with van der Waals surface area (Å²) < 4.78 is 5.13. The van der Waals surface area contributed by atoms with Crippen molar-refractivity contribution in [2.75, 3.05) is 0 Å². The van der Waals surface area contributed by atoms with Crippen LogP contribution in [0.4, 0.5) is 4.79 Å². The lowest BCUT2D eigenvalue weighted by Crippen LogP contribution is -2.41. The van der Waals surface area contributed by atoms with E-state index in [1.54, 1.807) is 0 Å². The summed E-state index contributed by atoms with van der Waals surface area (Å²) in [6.45, 7) is 9.76. The minimum absolute atomic E-state index is 0.155. The molecule has 0 aromatic carbocycles. The number of amides is 1. The van der Waals surface area contributed by atoms with Gasteiger partial charge >= 0.3 is 6.09 Å². The van der Waals surface area contributed by atoms with Crippen LogP contribution in [0.5, 0.6) is 0 Å². The van der Waals surface area contributed by atoms with Crippen molar-refractivity contribution in [3.8, 4) is 0 Å². The van der Waals surface area contributed by atoms with Crippen molar-refractivity contribution in [3.05, 3.63) is 0 Å². The molecule has 0 aromatic rings. The van der Waals surface area contributed by atoms with E-state index in [0.29, 0.717) is 6.04 Å². The molecule has 1 N–H and O–H groups in total. The largest absolute Gasteiger partial charge is 0.444 e. The molecule has 1 heterocycles. The zero-order valence-corrected chi connectivity index (χ0v) is 11.7. The molecule has 0 spiro atoms. The van der Waals surface area contributed by atoms with Gasteiger partial charge in [-0.2, -0.15) is 0 Å². The molecule has 1 rings (SSSR count). The van der Waals surface area contributed by atoms with Crippen molar-refractivity contribution in [1.29, 1.82) is 0 Å². The number of hydrogen-bond donors (Lipinski definition) is 1. The van der Waals surface area contributed by atoms with E-state index >= 15 is 0 Å². The lowest BCUT2D eigenvalue weighted by atomic mass is 10.2. The molecule has 1 unspecified atom stereocenters. The Morgan fingerprint density at radius 3 is 2.38 bits per heavy atom. The van der Waals surface area contributed by atoms with Crippen LogP contribution in [-0.4, -0.2) is 31.6 Å². The molecule has 0 saturated carbocycles. The molecule has 1 amide bonds. The molecular formula is C11H21NO3Si. The molecule has 0 radical (unpaired) electrons. The molecule has 4 nitrogen and oxygen atoms in total. The third kappa shape index (κ3) is 3.96. The van der Waals surface area contributed by atoms with Gasteiger partial charge in [0.2, 0.25) is 0 Å². The monoisotopic (exact) mass is 243 g/mol. The number of rotatable bonds is 1. The number of Topliss-reactive ketones (excluding diaryl/α,β-unsaturated/α-hetero) is 1. The molecule has 1 aliphatic rings. The zero-order valence-electron chi connectivity index (χ0n) is 10.7. The van der Waals surface area contributed by atoms with Crippen LogP contribution in [0.25, 0.3) is 0 Å². The Balaban J connectivity index is 2.50. The Hall–Kier alpha value is -0.843. The highest BCUT2D eigenvalue weighted by molar-refractivity contribution is 6.82. The third-order valence-corrected chi connectivity index (χ3v) is 5.31. The van der Waals surface area contributed by atoms with E-state index in [2.05, 4.69) is 18.4 Å². The third-order valence-electron chi connectivity index (χ3n) is 2.49. The van der Waals surface area contributed by atoms with Crippen LogP contribution in [-0.2, 0) is 9.53 Å². The second kappa shape index (κ2) is 4.20. The van der Waals surface area contributed by atoms with Crippen LogP contribution in [0, 0.1) is 0 Å². The topological polar surface area (TPSA) is 55.4 Å². The van der Waals surface area contributed by atoms with E-state index < -0.39 is 19.8 Å². The van der Waals surface area contributed by atoms with Gasteiger partial charge < -0.3 is 10.1 Å². The van der Waals surface area contributed by atoms with Gasteiger partial charge in [-0.1, -0.05) is 13.1 Å². The van der Waals surface area contributed by atoms with Gasteiger partial charge in [-0.3, -0.25) is 4.79 Å². The molecule has 0 aliphatic carbocycles. The fourth-order valence-corrected chi connectivity index (χ4v) is 4.68. The first-order valence-corrected chi connectivity index (χ1v) is 9.03. The van der Waals surface area contributed by atoms with E-state index in [1.807, 2.05) is 20.8 Å². The highest BCUT2D eigenvalue weighted by Crippen LogP contribution is 2.27. The number of ketones is 1. The minimum Gasteiger partial charge on any atom is -0.444 e. The van der Waals surface area contributed by atoms with Crippen LogP contribution in [0.3, 0.4) is 0 Å². The maximum absolute atomic E-state index is 11.7. The zero-order chi connectivity index (χ0) is 12.6. The van der Waals surface area contributed by atoms with Gasteiger partial charge in [0, 0.05) is 6.04 Å². The van der Waals surface area contributed by atoms with Crippen molar-refractivity contribution in [2.45, 2.75) is 57.6 Å². The average molecular weight is 243 g/mol. The van der Waals surface area contributed by atoms with Crippen LogP contribution >= 0.6 is 0 Å². The molecule has 1 aliphatic heterocycles. The summed E-state index contributed by atoms with van der Waals surface area (Å²) in [7, 11) is -1.41. The van der Waals surface area contributed by atoms with Gasteiger partial charge in [0.25, 0.3) is 0 Å². The first-order valence-electron chi connectivity index (χ1n) is 5.61. The van der Waals surface area contributed by atoms with Gasteiger partial charge in [-0.05, 0) is 26.8 Å². The van der Waals surface area contributed by atoms with Crippen LogP contribution in [0.2, 0.25) is 25.2 Å². The van der Waals surface area contributed by atoms with Crippen LogP contribution in [0.1, 0.15) is 20.8 Å². The van der Waals surface area contributed by atoms with Gasteiger partial charge in [0.05, 0.1) is 14.1 Å². The number of carbonyl (C=O) groups is 2. The molecule has 1 saturated heterocycles. The predicted molar refractivity (Wildman–Crippen MR) is 65.3 cm³/mol. The number of carbonyl (C=O) groups excluding carboxylic acids is 2. The smallest absolute Gasteiger partial charge is 0.408 e. The van der Waals surface area contributed by atoms with E-state index in [9.17, 15) is 9.59 Å². The molecule has 92 valence electrons. The summed E-state index contributed by atoms with van der Waals surface area (Å²) in [5.41, 5.74) is -0.515. The normalized spacial score (nSPS) is 24.3. The average Bonchev–Trinajstić information content (AvgIpc) is 2.19. The van der Waals surface area contributed by atoms with E-state index in [1.165, 1.54) is 0 Å². The molecule has 1 atom stereocenters. The lowest BCUT2D eigenvalue weighted by molar-refractivity contribution is -0.117. The summed E-state index contributed by atoms with van der Waals surface area (Å²) >= 11 is 0. The van der Waals surface area contributed by atoms with E-state index in [-0.39, 0.29) is 11.8 Å². The Kier molecular flexibility index (Phi) is 3.47. The summed E-state index contributed by atoms with van der Waals surface area (Å²) in [4.78, 5) is 23.2. The molecule has 16 heavy (non-hydrogen) atoms. The predicted octanol–water partition coefficient (Wildman–Crippen LogP) is 2.17. The fourth-order valence-electron chi connectivity index (χ4n) is 1.91. The Morgan fingerprint density at radius 2 is 2.00 bits per heavy atom. The van der Waals surface area contributed by atoms with Crippen molar-refractivity contribution in [1.82, 2.24) is 5.32 Å². The first kappa shape index (κ1) is 13.2. The maximum Gasteiger partial charge on any atom is 0.408 e. The van der Waals surface area contributed by atoms with Crippen LogP contribution < -0.4 is 5.32 Å². The van der Waals surface area contributed by atoms with Crippen LogP contribution in [0.15, 0.2) is 0 Å². The number of ether oxygens (including phenoxy) is 1. The molecule has 0 aromatic heterocycles. The van der Waals surface area contributed by atoms with Crippen molar-refractivity contribution in [2.24, 2.45) is 0 Å². The lowest BCUT2D eigenvalue weighted by Gasteiger charge is -2.21. The quantitative estimate of drug-likeness (QED) is 0.718. The van der Waals surface area contributed by atoms with E-state index in [4.69, 9.17) is 4.74 Å².